The average Bonchev–Trinajstić information content (AvgIpc) is 2.33. The molecule has 19 heavy (non-hydrogen) atoms. The minimum atomic E-state index is 0. The van der Waals surface area contributed by atoms with E-state index in [0.717, 1.165) is 26.0 Å². The van der Waals surface area contributed by atoms with E-state index in [9.17, 15) is 4.79 Å². The van der Waals surface area contributed by atoms with Gasteiger partial charge in [0, 0.05) is 25.0 Å². The minimum absolute atomic E-state index is 0. The highest BCUT2D eigenvalue weighted by Gasteiger charge is 2.28. The molecule has 0 bridgehead atoms. The number of rotatable bonds is 3. The van der Waals surface area contributed by atoms with E-state index in [4.69, 9.17) is 4.74 Å². The molecule has 1 amide bonds. The molecule has 112 valence electrons. The third-order valence-corrected chi connectivity index (χ3v) is 4.13. The third kappa shape index (κ3) is 5.67. The predicted molar refractivity (Wildman–Crippen MR) is 78.7 cm³/mol. The Bertz CT molecular complexity index is 281. The molecule has 4 nitrogen and oxygen atoms in total. The molecule has 2 N–H and O–H groups in total. The van der Waals surface area contributed by atoms with Crippen molar-refractivity contribution in [2.45, 2.75) is 58.0 Å². The van der Waals surface area contributed by atoms with Crippen LogP contribution in [0.2, 0.25) is 0 Å². The Morgan fingerprint density at radius 1 is 1.37 bits per heavy atom. The lowest BCUT2D eigenvalue weighted by atomic mass is 9.75. The molecule has 0 aromatic heterocycles. The summed E-state index contributed by atoms with van der Waals surface area (Å²) in [4.78, 5) is 11.9. The van der Waals surface area contributed by atoms with E-state index in [1.807, 2.05) is 0 Å². The van der Waals surface area contributed by atoms with Gasteiger partial charge in [-0.3, -0.25) is 4.79 Å². The van der Waals surface area contributed by atoms with Gasteiger partial charge in [-0.25, -0.2) is 0 Å². The molecule has 1 aliphatic heterocycles. The molecule has 1 aliphatic carbocycles. The van der Waals surface area contributed by atoms with Gasteiger partial charge in [0.1, 0.15) is 0 Å². The smallest absolute Gasteiger partial charge is 0.221 e. The quantitative estimate of drug-likeness (QED) is 0.834. The molecule has 1 saturated carbocycles. The van der Waals surface area contributed by atoms with Crippen LogP contribution in [0.25, 0.3) is 0 Å². The van der Waals surface area contributed by atoms with Crippen LogP contribution in [0.1, 0.15) is 46.0 Å². The second-order valence-electron chi connectivity index (χ2n) is 6.44. The summed E-state index contributed by atoms with van der Waals surface area (Å²) in [6.07, 6.45) is 5.20. The molecule has 2 fully saturated rings. The number of morpholine rings is 1. The first-order valence-corrected chi connectivity index (χ1v) is 7.16. The fourth-order valence-corrected chi connectivity index (χ4v) is 2.80. The van der Waals surface area contributed by atoms with E-state index in [-0.39, 0.29) is 24.4 Å². The Morgan fingerprint density at radius 3 is 2.63 bits per heavy atom. The normalized spacial score (nSPS) is 27.4. The summed E-state index contributed by atoms with van der Waals surface area (Å²) in [5, 5.41) is 6.48. The summed E-state index contributed by atoms with van der Waals surface area (Å²) >= 11 is 0. The SMILES string of the molecule is CC1(C)CCC(NC(=O)CC2COCCN2)CC1.Cl. The average molecular weight is 291 g/mol. The van der Waals surface area contributed by atoms with Gasteiger partial charge < -0.3 is 15.4 Å². The van der Waals surface area contributed by atoms with Crippen LogP contribution in [0.5, 0.6) is 0 Å². The first kappa shape index (κ1) is 16.7. The summed E-state index contributed by atoms with van der Waals surface area (Å²) in [6, 6.07) is 0.578. The fraction of sp³-hybridized carbons (Fsp3) is 0.929. The Morgan fingerprint density at radius 2 is 2.05 bits per heavy atom. The number of nitrogens with one attached hydrogen (secondary N) is 2. The topological polar surface area (TPSA) is 50.4 Å². The summed E-state index contributed by atoms with van der Waals surface area (Å²) < 4.78 is 5.36. The van der Waals surface area contributed by atoms with E-state index in [1.54, 1.807) is 0 Å². The van der Waals surface area contributed by atoms with Gasteiger partial charge in [-0.1, -0.05) is 13.8 Å². The van der Waals surface area contributed by atoms with Gasteiger partial charge >= 0.3 is 0 Å². The molecule has 2 aliphatic rings. The van der Waals surface area contributed by atoms with Crippen molar-refractivity contribution in [2.24, 2.45) is 5.41 Å². The van der Waals surface area contributed by atoms with E-state index < -0.39 is 0 Å². The lowest BCUT2D eigenvalue weighted by molar-refractivity contribution is -0.123. The van der Waals surface area contributed by atoms with Crippen molar-refractivity contribution in [1.82, 2.24) is 10.6 Å². The first-order valence-electron chi connectivity index (χ1n) is 7.16. The van der Waals surface area contributed by atoms with Crippen molar-refractivity contribution in [1.29, 1.82) is 0 Å². The molecular formula is C14H27ClN2O2. The molecule has 1 atom stereocenters. The Hall–Kier alpha value is -0.320. The number of carbonyl (C=O) groups is 1. The van der Waals surface area contributed by atoms with Gasteiger partial charge in [-0.05, 0) is 31.1 Å². The van der Waals surface area contributed by atoms with Crippen LogP contribution >= 0.6 is 12.4 Å². The number of amides is 1. The summed E-state index contributed by atoms with van der Waals surface area (Å²) in [5.41, 5.74) is 0.458. The molecular weight excluding hydrogens is 264 g/mol. The Kier molecular flexibility index (Phi) is 6.57. The predicted octanol–water partition coefficient (Wildman–Crippen LogP) is 1.87. The monoisotopic (exact) mass is 290 g/mol. The molecule has 0 aromatic rings. The number of carbonyl (C=O) groups excluding carboxylic acids is 1. The second kappa shape index (κ2) is 7.46. The second-order valence-corrected chi connectivity index (χ2v) is 6.44. The third-order valence-electron chi connectivity index (χ3n) is 4.13. The van der Waals surface area contributed by atoms with Crippen molar-refractivity contribution in [3.8, 4) is 0 Å². The highest BCUT2D eigenvalue weighted by molar-refractivity contribution is 5.85. The van der Waals surface area contributed by atoms with Crippen molar-refractivity contribution < 1.29 is 9.53 Å². The van der Waals surface area contributed by atoms with E-state index >= 15 is 0 Å². The largest absolute Gasteiger partial charge is 0.378 e. The van der Waals surface area contributed by atoms with Gasteiger partial charge in [-0.2, -0.15) is 0 Å². The zero-order valence-corrected chi connectivity index (χ0v) is 12.9. The van der Waals surface area contributed by atoms with Crippen molar-refractivity contribution in [3.63, 3.8) is 0 Å². The number of ether oxygens (including phenoxy) is 1. The summed E-state index contributed by atoms with van der Waals surface area (Å²) in [5.74, 6) is 0.169. The van der Waals surface area contributed by atoms with Gasteiger partial charge in [-0.15, -0.1) is 12.4 Å². The summed E-state index contributed by atoms with van der Waals surface area (Å²) in [6.45, 7) is 6.90. The summed E-state index contributed by atoms with van der Waals surface area (Å²) in [7, 11) is 0. The van der Waals surface area contributed by atoms with Crippen LogP contribution in [-0.2, 0) is 9.53 Å². The van der Waals surface area contributed by atoms with Crippen LogP contribution < -0.4 is 10.6 Å². The van der Waals surface area contributed by atoms with Crippen LogP contribution in [0.4, 0.5) is 0 Å². The van der Waals surface area contributed by atoms with Gasteiger partial charge in [0.15, 0.2) is 0 Å². The first-order chi connectivity index (χ1) is 8.55. The minimum Gasteiger partial charge on any atom is -0.378 e. The molecule has 5 heteroatoms. The van der Waals surface area contributed by atoms with Crippen molar-refractivity contribution in [2.75, 3.05) is 19.8 Å². The van der Waals surface area contributed by atoms with E-state index in [1.165, 1.54) is 12.8 Å². The van der Waals surface area contributed by atoms with Crippen molar-refractivity contribution in [3.05, 3.63) is 0 Å². The fourth-order valence-electron chi connectivity index (χ4n) is 2.80. The maximum absolute atomic E-state index is 11.9. The molecule has 0 radical (unpaired) electrons. The lowest BCUT2D eigenvalue weighted by Gasteiger charge is -2.35. The zero-order chi connectivity index (χ0) is 13.0. The molecule has 0 spiro atoms. The molecule has 2 rings (SSSR count). The zero-order valence-electron chi connectivity index (χ0n) is 12.0. The van der Waals surface area contributed by atoms with Crippen LogP contribution in [0.15, 0.2) is 0 Å². The van der Waals surface area contributed by atoms with Crippen LogP contribution in [0.3, 0.4) is 0 Å². The highest BCUT2D eigenvalue weighted by Crippen LogP contribution is 2.34. The van der Waals surface area contributed by atoms with Crippen LogP contribution in [0, 0.1) is 5.41 Å². The van der Waals surface area contributed by atoms with Gasteiger partial charge in [0.05, 0.1) is 13.2 Å². The van der Waals surface area contributed by atoms with Crippen molar-refractivity contribution >= 4 is 18.3 Å². The highest BCUT2D eigenvalue weighted by atomic mass is 35.5. The molecule has 1 unspecified atom stereocenters. The molecule has 0 aromatic carbocycles. The van der Waals surface area contributed by atoms with E-state index in [2.05, 4.69) is 24.5 Å². The maximum atomic E-state index is 11.9. The Balaban J connectivity index is 0.00000180. The number of hydrogen-bond acceptors (Lipinski definition) is 3. The lowest BCUT2D eigenvalue weighted by Crippen LogP contribution is -2.46. The van der Waals surface area contributed by atoms with Gasteiger partial charge in [0.2, 0.25) is 5.91 Å². The maximum Gasteiger partial charge on any atom is 0.221 e. The molecule has 1 saturated heterocycles. The van der Waals surface area contributed by atoms with E-state index in [0.29, 0.717) is 24.5 Å². The Labute approximate surface area is 122 Å². The molecule has 1 heterocycles. The number of hydrogen-bond donors (Lipinski definition) is 2. The van der Waals surface area contributed by atoms with Gasteiger partial charge in [0.25, 0.3) is 0 Å². The number of halogens is 1. The van der Waals surface area contributed by atoms with Crippen LogP contribution in [-0.4, -0.2) is 37.7 Å². The standard InChI is InChI=1S/C14H26N2O2.ClH/c1-14(2)5-3-11(4-6-14)16-13(17)9-12-10-18-8-7-15-12;/h11-12,15H,3-10H2,1-2H3,(H,16,17);1H.